The monoisotopic (exact) mass is 549 g/mol. The van der Waals surface area contributed by atoms with Crippen molar-refractivity contribution in [3.8, 4) is 5.88 Å². The molecule has 0 aliphatic carbocycles. The third-order valence-electron chi connectivity index (χ3n) is 5.96. The average molecular weight is 550 g/mol. The first kappa shape index (κ1) is 29.1. The number of nitrogens with zero attached hydrogens (tertiary/aromatic N) is 2. The van der Waals surface area contributed by atoms with E-state index >= 15 is 0 Å². The van der Waals surface area contributed by atoms with Gasteiger partial charge < -0.3 is 35.3 Å². The fourth-order valence-electron chi connectivity index (χ4n) is 3.97. The highest BCUT2D eigenvalue weighted by atomic mass is 35.5. The molecule has 1 aromatic heterocycles. The number of amides is 2. The molecule has 2 aromatic rings. The number of methoxy groups -OCH3 is 3. The van der Waals surface area contributed by atoms with Gasteiger partial charge in [-0.2, -0.15) is 4.98 Å². The second kappa shape index (κ2) is 13.9. The Kier molecular flexibility index (Phi) is 10.7. The van der Waals surface area contributed by atoms with E-state index in [2.05, 4.69) is 15.6 Å². The lowest BCUT2D eigenvalue weighted by molar-refractivity contribution is -0.118. The molecule has 38 heavy (non-hydrogen) atoms. The summed E-state index contributed by atoms with van der Waals surface area (Å²) in [4.78, 5) is 43.5. The summed E-state index contributed by atoms with van der Waals surface area (Å²) in [5.74, 6) is -0.957. The first-order chi connectivity index (χ1) is 18.2. The molecular formula is C25H32ClN5O7. The molecule has 0 unspecified atom stereocenters. The number of nitrogen functional groups attached to an aromatic ring is 1. The van der Waals surface area contributed by atoms with Gasteiger partial charge in [-0.3, -0.25) is 14.5 Å². The number of pyridine rings is 1. The van der Waals surface area contributed by atoms with Crippen molar-refractivity contribution in [1.29, 1.82) is 0 Å². The highest BCUT2D eigenvalue weighted by molar-refractivity contribution is 6.33. The number of benzene rings is 1. The largest absolute Gasteiger partial charge is 0.480 e. The number of aromatic nitrogens is 1. The normalized spacial score (nSPS) is 17.5. The Morgan fingerprint density at radius 2 is 1.89 bits per heavy atom. The summed E-state index contributed by atoms with van der Waals surface area (Å²) in [6.07, 6.45) is 0.197. The molecule has 0 spiro atoms. The molecule has 2 atom stereocenters. The Labute approximate surface area is 225 Å². The van der Waals surface area contributed by atoms with Gasteiger partial charge in [-0.05, 0) is 36.8 Å². The summed E-state index contributed by atoms with van der Waals surface area (Å²) in [6.45, 7) is 1.60. The zero-order chi connectivity index (χ0) is 27.7. The van der Waals surface area contributed by atoms with Crippen molar-refractivity contribution in [2.75, 3.05) is 65.2 Å². The van der Waals surface area contributed by atoms with Gasteiger partial charge in [-0.15, -0.1) is 0 Å². The van der Waals surface area contributed by atoms with Crippen LogP contribution in [-0.4, -0.2) is 94.0 Å². The maximum absolute atomic E-state index is 12.9. The predicted octanol–water partition coefficient (Wildman–Crippen LogP) is 1.59. The molecule has 206 valence electrons. The minimum Gasteiger partial charge on any atom is -0.480 e. The second-order valence-corrected chi connectivity index (χ2v) is 8.95. The van der Waals surface area contributed by atoms with Crippen molar-refractivity contribution in [3.63, 3.8) is 0 Å². The fraction of sp³-hybridized carbons (Fsp3) is 0.440. The van der Waals surface area contributed by atoms with Gasteiger partial charge in [0.1, 0.15) is 18.0 Å². The van der Waals surface area contributed by atoms with Crippen LogP contribution in [-0.2, 0) is 19.0 Å². The number of esters is 1. The molecule has 2 amide bonds. The summed E-state index contributed by atoms with van der Waals surface area (Å²) in [6, 6.07) is 7.55. The molecule has 13 heteroatoms. The number of piperidine rings is 1. The minimum atomic E-state index is -0.463. The van der Waals surface area contributed by atoms with E-state index in [-0.39, 0.29) is 53.5 Å². The summed E-state index contributed by atoms with van der Waals surface area (Å²) < 4.78 is 20.7. The number of nitrogens with one attached hydrogen (secondary N) is 2. The Hall–Kier alpha value is -3.45. The number of halogens is 1. The van der Waals surface area contributed by atoms with E-state index in [1.165, 1.54) is 20.3 Å². The van der Waals surface area contributed by atoms with E-state index in [0.29, 0.717) is 37.4 Å². The number of ether oxygens (including phenoxy) is 4. The van der Waals surface area contributed by atoms with Crippen molar-refractivity contribution in [2.24, 2.45) is 0 Å². The molecule has 4 N–H and O–H groups in total. The number of hydrogen-bond acceptors (Lipinski definition) is 10. The molecule has 1 aromatic carbocycles. The van der Waals surface area contributed by atoms with Crippen molar-refractivity contribution in [3.05, 3.63) is 46.5 Å². The van der Waals surface area contributed by atoms with Crippen LogP contribution >= 0.6 is 11.6 Å². The molecular weight excluding hydrogens is 518 g/mol. The Bertz CT molecular complexity index is 1130. The van der Waals surface area contributed by atoms with Crippen LogP contribution in [0.25, 0.3) is 0 Å². The number of carbonyl (C=O) groups is 3. The van der Waals surface area contributed by atoms with Gasteiger partial charge in [0, 0.05) is 33.0 Å². The molecule has 0 bridgehead atoms. The average Bonchev–Trinajstić information content (AvgIpc) is 2.91. The molecule has 0 radical (unpaired) electrons. The summed E-state index contributed by atoms with van der Waals surface area (Å²) in [7, 11) is 4.47. The number of likely N-dealkylation sites (tertiary alicyclic amines) is 1. The summed E-state index contributed by atoms with van der Waals surface area (Å²) >= 11 is 6.04. The van der Waals surface area contributed by atoms with E-state index in [0.717, 1.165) is 0 Å². The van der Waals surface area contributed by atoms with Gasteiger partial charge in [-0.1, -0.05) is 11.6 Å². The van der Waals surface area contributed by atoms with Gasteiger partial charge >= 0.3 is 5.97 Å². The zero-order valence-corrected chi connectivity index (χ0v) is 22.2. The number of anilines is 2. The number of rotatable bonds is 11. The third-order valence-corrected chi connectivity index (χ3v) is 6.26. The zero-order valence-electron chi connectivity index (χ0n) is 21.5. The molecule has 1 fully saturated rings. The molecule has 1 saturated heterocycles. The van der Waals surface area contributed by atoms with Crippen LogP contribution in [0, 0.1) is 0 Å². The first-order valence-electron chi connectivity index (χ1n) is 11.9. The first-order valence-corrected chi connectivity index (χ1v) is 12.3. The fourth-order valence-corrected chi connectivity index (χ4v) is 4.12. The molecule has 1 aliphatic rings. The smallest absolute Gasteiger partial charge is 0.338 e. The Morgan fingerprint density at radius 1 is 1.16 bits per heavy atom. The van der Waals surface area contributed by atoms with E-state index in [1.54, 1.807) is 31.4 Å². The van der Waals surface area contributed by atoms with Crippen molar-refractivity contribution in [1.82, 2.24) is 15.2 Å². The maximum atomic E-state index is 12.9. The quantitative estimate of drug-likeness (QED) is 0.278. The SMILES string of the molecule is COCCOC(=O)c1ccc(NC(=O)CN2CC[C@H](NC(=O)c3cc(Cl)c(N)nc3OC)[C@H](OC)C2)cc1. The van der Waals surface area contributed by atoms with Crippen LogP contribution in [0.4, 0.5) is 11.5 Å². The molecule has 1 aliphatic heterocycles. The highest BCUT2D eigenvalue weighted by Crippen LogP contribution is 2.25. The van der Waals surface area contributed by atoms with Gasteiger partial charge in [0.25, 0.3) is 5.91 Å². The van der Waals surface area contributed by atoms with Crippen molar-refractivity contribution in [2.45, 2.75) is 18.6 Å². The van der Waals surface area contributed by atoms with Crippen molar-refractivity contribution < 1.29 is 33.3 Å². The lowest BCUT2D eigenvalue weighted by atomic mass is 10.0. The van der Waals surface area contributed by atoms with Crippen LogP contribution in [0.15, 0.2) is 30.3 Å². The molecule has 3 rings (SSSR count). The van der Waals surface area contributed by atoms with Crippen LogP contribution in [0.1, 0.15) is 27.1 Å². The molecule has 12 nitrogen and oxygen atoms in total. The topological polar surface area (TPSA) is 154 Å². The summed E-state index contributed by atoms with van der Waals surface area (Å²) in [5.41, 5.74) is 6.79. The Balaban J connectivity index is 1.52. The number of carbonyl (C=O) groups excluding carboxylic acids is 3. The minimum absolute atomic E-state index is 0.0674. The van der Waals surface area contributed by atoms with Gasteiger partial charge in [-0.25, -0.2) is 4.79 Å². The van der Waals surface area contributed by atoms with Crippen molar-refractivity contribution >= 4 is 40.9 Å². The second-order valence-electron chi connectivity index (χ2n) is 8.54. The Morgan fingerprint density at radius 3 is 2.55 bits per heavy atom. The van der Waals surface area contributed by atoms with Crippen LogP contribution in [0.2, 0.25) is 5.02 Å². The van der Waals surface area contributed by atoms with Crippen LogP contribution in [0.5, 0.6) is 5.88 Å². The maximum Gasteiger partial charge on any atom is 0.338 e. The van der Waals surface area contributed by atoms with Gasteiger partial charge in [0.15, 0.2) is 0 Å². The van der Waals surface area contributed by atoms with E-state index < -0.39 is 11.9 Å². The highest BCUT2D eigenvalue weighted by Gasteiger charge is 2.32. The molecule has 2 heterocycles. The van der Waals surface area contributed by atoms with E-state index in [4.69, 9.17) is 36.3 Å². The van der Waals surface area contributed by atoms with Crippen LogP contribution in [0.3, 0.4) is 0 Å². The summed E-state index contributed by atoms with van der Waals surface area (Å²) in [5, 5.41) is 5.92. The number of nitrogens with two attached hydrogens (primary N) is 1. The predicted molar refractivity (Wildman–Crippen MR) is 141 cm³/mol. The van der Waals surface area contributed by atoms with E-state index in [9.17, 15) is 14.4 Å². The number of hydrogen-bond donors (Lipinski definition) is 3. The van der Waals surface area contributed by atoms with Gasteiger partial charge in [0.05, 0.1) is 43.0 Å². The lowest BCUT2D eigenvalue weighted by Crippen LogP contribution is -2.55. The lowest BCUT2D eigenvalue weighted by Gasteiger charge is -2.37. The van der Waals surface area contributed by atoms with E-state index in [1.807, 2.05) is 4.90 Å². The third kappa shape index (κ3) is 7.78. The standard InChI is InChI=1S/C25H32ClN5O7/c1-35-10-11-38-25(34)15-4-6-16(7-5-15)28-21(32)14-31-9-8-19(20(13-31)36-2)29-23(33)17-12-18(26)22(27)30-24(17)37-3/h4-7,12,19-20H,8-11,13-14H2,1-3H3,(H2,27,30)(H,28,32)(H,29,33)/t19-,20+/m0/s1. The van der Waals surface area contributed by atoms with Crippen LogP contribution < -0.4 is 21.1 Å². The van der Waals surface area contributed by atoms with Gasteiger partial charge in [0.2, 0.25) is 11.8 Å². The molecule has 0 saturated carbocycles.